The van der Waals surface area contributed by atoms with Gasteiger partial charge in [0.05, 0.1) is 23.6 Å². The van der Waals surface area contributed by atoms with Crippen LogP contribution in [0.5, 0.6) is 0 Å². The molecule has 1 atom stereocenters. The molecule has 22 heavy (non-hydrogen) atoms. The molecule has 1 aromatic carbocycles. The molecule has 1 aromatic rings. The Labute approximate surface area is 131 Å². The lowest BCUT2D eigenvalue weighted by Crippen LogP contribution is -2.27. The van der Waals surface area contributed by atoms with Crippen LogP contribution in [0.2, 0.25) is 0 Å². The third kappa shape index (κ3) is 4.14. The highest BCUT2D eigenvalue weighted by atomic mass is 32.2. The van der Waals surface area contributed by atoms with Crippen LogP contribution in [-0.2, 0) is 20.8 Å². The number of halogens is 1. The van der Waals surface area contributed by atoms with Crippen LogP contribution in [0.3, 0.4) is 0 Å². The Hall–Kier alpha value is -1.73. The molecule has 7 heteroatoms. The molecule has 0 spiro atoms. The van der Waals surface area contributed by atoms with Crippen LogP contribution in [0.25, 0.3) is 0 Å². The summed E-state index contributed by atoms with van der Waals surface area (Å²) in [4.78, 5) is 10.2. The molecule has 0 fully saturated rings. The van der Waals surface area contributed by atoms with Gasteiger partial charge in [0.15, 0.2) is 0 Å². The minimum Gasteiger partial charge on any atom is -0.755 e. The Bertz CT molecular complexity index is 573. The molecule has 0 amide bonds. The number of rotatable bonds is 7. The van der Waals surface area contributed by atoms with Crippen LogP contribution in [0.4, 0.5) is 10.1 Å². The monoisotopic (exact) mass is 326 g/mol. The maximum absolute atomic E-state index is 13.0. The van der Waals surface area contributed by atoms with Crippen molar-refractivity contribution < 1.29 is 22.7 Å². The van der Waals surface area contributed by atoms with Crippen LogP contribution >= 0.6 is 0 Å². The number of carbonyl (C=O) groups is 1. The molecule has 0 bridgehead atoms. The molecule has 5 nitrogen and oxygen atoms in total. The van der Waals surface area contributed by atoms with E-state index in [1.807, 2.05) is 0 Å². The summed E-state index contributed by atoms with van der Waals surface area (Å²) in [6, 6.07) is 5.33. The summed E-state index contributed by atoms with van der Waals surface area (Å²) in [5, 5.41) is 0. The Balaban J connectivity index is 2.32. The second-order valence-electron chi connectivity index (χ2n) is 4.96. The molecule has 0 radical (unpaired) electrons. The van der Waals surface area contributed by atoms with E-state index in [1.165, 1.54) is 28.6 Å². The molecular formula is C15H17FNO4S-. The molecule has 1 aliphatic rings. The van der Waals surface area contributed by atoms with E-state index in [-0.39, 0.29) is 6.61 Å². The van der Waals surface area contributed by atoms with E-state index in [2.05, 4.69) is 0 Å². The topological polar surface area (TPSA) is 69.7 Å². The Morgan fingerprint density at radius 1 is 1.27 bits per heavy atom. The normalized spacial score (nSPS) is 16.3. The van der Waals surface area contributed by atoms with Crippen molar-refractivity contribution in [2.24, 2.45) is 0 Å². The second kappa shape index (κ2) is 8.05. The zero-order chi connectivity index (χ0) is 15.9. The maximum Gasteiger partial charge on any atom is 0.293 e. The number of ether oxygens (including phenoxy) is 1. The van der Waals surface area contributed by atoms with Crippen molar-refractivity contribution in [1.29, 1.82) is 0 Å². The van der Waals surface area contributed by atoms with Crippen molar-refractivity contribution in [3.63, 3.8) is 0 Å². The van der Waals surface area contributed by atoms with Crippen molar-refractivity contribution in [2.75, 3.05) is 10.9 Å². The predicted octanol–water partition coefficient (Wildman–Crippen LogP) is 2.82. The highest BCUT2D eigenvalue weighted by Crippen LogP contribution is 2.33. The molecule has 0 saturated heterocycles. The molecule has 0 aromatic heterocycles. The average molecular weight is 326 g/mol. The van der Waals surface area contributed by atoms with Crippen LogP contribution in [0.1, 0.15) is 32.1 Å². The molecule has 1 unspecified atom stereocenters. The lowest BCUT2D eigenvalue weighted by atomic mass is 9.94. The molecule has 2 rings (SSSR count). The van der Waals surface area contributed by atoms with Gasteiger partial charge >= 0.3 is 0 Å². The summed E-state index contributed by atoms with van der Waals surface area (Å²) in [6.45, 7) is 0.609. The fraction of sp³-hybridized carbons (Fsp3) is 0.400. The zero-order valence-electron chi connectivity index (χ0n) is 12.0. The summed E-state index contributed by atoms with van der Waals surface area (Å²) < 4.78 is 42.3. The number of nitrogens with zero attached hydrogens (tertiary/aromatic N) is 1. The van der Waals surface area contributed by atoms with E-state index in [4.69, 9.17) is 4.74 Å². The number of anilines is 1. The minimum atomic E-state index is -2.49. The van der Waals surface area contributed by atoms with Gasteiger partial charge in [-0.2, -0.15) is 0 Å². The quantitative estimate of drug-likeness (QED) is 0.439. The van der Waals surface area contributed by atoms with Crippen LogP contribution in [0.15, 0.2) is 35.5 Å². The summed E-state index contributed by atoms with van der Waals surface area (Å²) in [6.07, 6.45) is 3.77. The van der Waals surface area contributed by atoms with Gasteiger partial charge in [0, 0.05) is 12.1 Å². The first-order valence-electron chi connectivity index (χ1n) is 7.04. The Kier molecular flexibility index (Phi) is 6.09. The van der Waals surface area contributed by atoms with Gasteiger partial charge in [0.1, 0.15) is 5.82 Å². The summed E-state index contributed by atoms with van der Waals surface area (Å²) in [7, 11) is 0. The SMILES string of the molecule is O=COCCC1=C(N(c2ccc(F)cc2)S(=O)[O-])CCCC1. The number of hydrogen-bond acceptors (Lipinski definition) is 4. The van der Waals surface area contributed by atoms with Crippen molar-refractivity contribution in [2.45, 2.75) is 32.1 Å². The number of carbonyl (C=O) groups excluding carboxylic acids is 1. The Morgan fingerprint density at radius 3 is 2.59 bits per heavy atom. The van der Waals surface area contributed by atoms with E-state index < -0.39 is 17.1 Å². The average Bonchev–Trinajstić information content (AvgIpc) is 2.51. The molecule has 0 heterocycles. The number of benzene rings is 1. The van der Waals surface area contributed by atoms with Gasteiger partial charge in [-0.25, -0.2) is 4.39 Å². The van der Waals surface area contributed by atoms with Crippen LogP contribution < -0.4 is 4.31 Å². The number of allylic oxidation sites excluding steroid dienone is 1. The fourth-order valence-corrected chi connectivity index (χ4v) is 3.30. The van der Waals surface area contributed by atoms with Crippen molar-refractivity contribution in [3.8, 4) is 0 Å². The van der Waals surface area contributed by atoms with E-state index >= 15 is 0 Å². The standard InChI is InChI=1S/C15H18FNO4S/c16-13-5-7-14(8-6-13)17(22(19)20)15-4-2-1-3-12(15)9-10-21-11-18/h5-8,11H,1-4,9-10H2,(H,19,20)/p-1. The van der Waals surface area contributed by atoms with Crippen molar-refractivity contribution in [1.82, 2.24) is 0 Å². The van der Waals surface area contributed by atoms with E-state index in [9.17, 15) is 17.9 Å². The van der Waals surface area contributed by atoms with Gasteiger partial charge in [-0.05, 0) is 55.5 Å². The largest absolute Gasteiger partial charge is 0.755 e. The zero-order valence-corrected chi connectivity index (χ0v) is 12.8. The molecule has 0 aliphatic heterocycles. The Morgan fingerprint density at radius 2 is 1.95 bits per heavy atom. The summed E-state index contributed by atoms with van der Waals surface area (Å²) in [5.74, 6) is -0.419. The second-order valence-corrected chi connectivity index (χ2v) is 5.76. The molecule has 0 saturated carbocycles. The van der Waals surface area contributed by atoms with E-state index in [0.29, 0.717) is 30.7 Å². The summed E-state index contributed by atoms with van der Waals surface area (Å²) >= 11 is -2.49. The molecule has 0 N–H and O–H groups in total. The highest BCUT2D eigenvalue weighted by molar-refractivity contribution is 7.80. The third-order valence-electron chi connectivity index (χ3n) is 3.60. The molecule has 1 aliphatic carbocycles. The van der Waals surface area contributed by atoms with Gasteiger partial charge < -0.3 is 9.29 Å². The number of hydrogen-bond donors (Lipinski definition) is 0. The smallest absolute Gasteiger partial charge is 0.293 e. The van der Waals surface area contributed by atoms with Crippen molar-refractivity contribution in [3.05, 3.63) is 41.4 Å². The van der Waals surface area contributed by atoms with E-state index in [1.54, 1.807) is 0 Å². The fourth-order valence-electron chi connectivity index (χ4n) is 2.60. The summed E-state index contributed by atoms with van der Waals surface area (Å²) in [5.41, 5.74) is 2.06. The first-order chi connectivity index (χ1) is 10.6. The van der Waals surface area contributed by atoms with Crippen molar-refractivity contribution >= 4 is 23.4 Å². The lowest BCUT2D eigenvalue weighted by molar-refractivity contribution is -0.128. The van der Waals surface area contributed by atoms with Gasteiger partial charge in [-0.1, -0.05) is 0 Å². The van der Waals surface area contributed by atoms with Crippen LogP contribution in [0, 0.1) is 5.82 Å². The van der Waals surface area contributed by atoms with E-state index in [0.717, 1.165) is 24.8 Å². The first-order valence-corrected chi connectivity index (χ1v) is 8.08. The maximum atomic E-state index is 13.0. The van der Waals surface area contributed by atoms with Gasteiger partial charge in [-0.3, -0.25) is 13.3 Å². The minimum absolute atomic E-state index is 0.227. The van der Waals surface area contributed by atoms with Gasteiger partial charge in [0.2, 0.25) is 0 Å². The predicted molar refractivity (Wildman–Crippen MR) is 79.9 cm³/mol. The molecule has 120 valence electrons. The first kappa shape index (κ1) is 16.6. The van der Waals surface area contributed by atoms with Crippen LogP contribution in [-0.4, -0.2) is 21.8 Å². The van der Waals surface area contributed by atoms with Gasteiger partial charge in [-0.15, -0.1) is 0 Å². The molecular weight excluding hydrogens is 309 g/mol. The lowest BCUT2D eigenvalue weighted by Gasteiger charge is -2.33. The highest BCUT2D eigenvalue weighted by Gasteiger charge is 2.20. The van der Waals surface area contributed by atoms with Gasteiger partial charge in [0.25, 0.3) is 6.47 Å². The third-order valence-corrected chi connectivity index (χ3v) is 4.32.